The molecule has 0 amide bonds. The van der Waals surface area contributed by atoms with E-state index in [0.29, 0.717) is 0 Å². The van der Waals surface area contributed by atoms with Gasteiger partial charge in [0.25, 0.3) is 0 Å². The topological polar surface area (TPSA) is 47.7 Å². The molecule has 0 aromatic carbocycles. The van der Waals surface area contributed by atoms with Gasteiger partial charge in [-0.3, -0.25) is 4.68 Å². The minimum Gasteiger partial charge on any atom is -0.376 e. The Hall–Kier alpha value is -1.78. The van der Waals surface area contributed by atoms with Crippen LogP contribution in [0.15, 0.2) is 12.5 Å². The van der Waals surface area contributed by atoms with Crippen molar-refractivity contribution in [1.82, 2.24) is 19.3 Å². The molecule has 16 heavy (non-hydrogen) atoms. The third kappa shape index (κ3) is 1.80. The van der Waals surface area contributed by atoms with Crippen molar-refractivity contribution in [3.8, 4) is 0 Å². The highest BCUT2D eigenvalue weighted by Crippen LogP contribution is 2.18. The largest absolute Gasteiger partial charge is 0.376 e. The summed E-state index contributed by atoms with van der Waals surface area (Å²) in [6, 6.07) is 0. The first kappa shape index (κ1) is 10.7. The van der Waals surface area contributed by atoms with E-state index in [9.17, 15) is 0 Å². The van der Waals surface area contributed by atoms with E-state index in [4.69, 9.17) is 0 Å². The number of nitrogens with zero attached hydrogens (tertiary/aromatic N) is 4. The van der Waals surface area contributed by atoms with E-state index >= 15 is 0 Å². The lowest BCUT2D eigenvalue weighted by molar-refractivity contribution is 0.731. The fourth-order valence-electron chi connectivity index (χ4n) is 1.76. The molecule has 2 aromatic rings. The second kappa shape index (κ2) is 4.00. The summed E-state index contributed by atoms with van der Waals surface area (Å²) in [6.45, 7) is 4.84. The maximum Gasteiger partial charge on any atom is 0.0946 e. The van der Waals surface area contributed by atoms with E-state index in [0.717, 1.165) is 29.3 Å². The van der Waals surface area contributed by atoms with Gasteiger partial charge < -0.3 is 9.88 Å². The lowest BCUT2D eigenvalue weighted by Crippen LogP contribution is -2.05. The molecule has 0 aliphatic carbocycles. The fourth-order valence-corrected chi connectivity index (χ4v) is 1.76. The van der Waals surface area contributed by atoms with E-state index in [1.165, 1.54) is 0 Å². The van der Waals surface area contributed by atoms with E-state index < -0.39 is 0 Å². The third-order valence-electron chi connectivity index (χ3n) is 2.87. The van der Waals surface area contributed by atoms with Crippen LogP contribution in [0.4, 0.5) is 5.69 Å². The molecule has 2 heterocycles. The first-order valence-corrected chi connectivity index (χ1v) is 5.29. The zero-order valence-corrected chi connectivity index (χ0v) is 10.2. The Morgan fingerprint density at radius 2 is 2.06 bits per heavy atom. The standard InChI is InChI=1S/C11H17N5/c1-8-11(9(2)16(4)14-8)13-6-10-5-12-7-15(10)3/h5,7,13H,6H2,1-4H3. The van der Waals surface area contributed by atoms with Crippen LogP contribution in [0.5, 0.6) is 0 Å². The lowest BCUT2D eigenvalue weighted by Gasteiger charge is -2.07. The van der Waals surface area contributed by atoms with E-state index in [1.807, 2.05) is 36.5 Å². The van der Waals surface area contributed by atoms with E-state index in [-0.39, 0.29) is 0 Å². The van der Waals surface area contributed by atoms with Crippen molar-refractivity contribution in [3.63, 3.8) is 0 Å². The predicted octanol–water partition coefficient (Wildman–Crippen LogP) is 1.38. The Labute approximate surface area is 95.1 Å². The van der Waals surface area contributed by atoms with Crippen LogP contribution in [0.3, 0.4) is 0 Å². The molecule has 5 nitrogen and oxygen atoms in total. The van der Waals surface area contributed by atoms with Gasteiger partial charge in [-0.05, 0) is 13.8 Å². The minimum atomic E-state index is 0.768. The molecule has 0 aliphatic heterocycles. The molecule has 0 saturated carbocycles. The Morgan fingerprint density at radius 3 is 2.56 bits per heavy atom. The highest BCUT2D eigenvalue weighted by molar-refractivity contribution is 5.52. The molecular weight excluding hydrogens is 202 g/mol. The van der Waals surface area contributed by atoms with Crippen molar-refractivity contribution in [3.05, 3.63) is 29.6 Å². The fraction of sp³-hybridized carbons (Fsp3) is 0.455. The molecule has 0 spiro atoms. The van der Waals surface area contributed by atoms with Crippen molar-refractivity contribution in [1.29, 1.82) is 0 Å². The number of hydrogen-bond acceptors (Lipinski definition) is 3. The monoisotopic (exact) mass is 219 g/mol. The molecule has 0 aliphatic rings. The van der Waals surface area contributed by atoms with Gasteiger partial charge in [0.05, 0.1) is 35.6 Å². The molecule has 86 valence electrons. The number of rotatable bonds is 3. The first-order valence-electron chi connectivity index (χ1n) is 5.29. The average molecular weight is 219 g/mol. The van der Waals surface area contributed by atoms with Crippen molar-refractivity contribution in [2.75, 3.05) is 5.32 Å². The molecule has 1 N–H and O–H groups in total. The third-order valence-corrected chi connectivity index (χ3v) is 2.87. The van der Waals surface area contributed by atoms with Gasteiger partial charge in [0.15, 0.2) is 0 Å². The summed E-state index contributed by atoms with van der Waals surface area (Å²) in [7, 11) is 3.95. The molecule has 0 bridgehead atoms. The van der Waals surface area contributed by atoms with Crippen molar-refractivity contribution in [2.45, 2.75) is 20.4 Å². The number of aromatic nitrogens is 4. The smallest absolute Gasteiger partial charge is 0.0946 e. The van der Waals surface area contributed by atoms with Crippen LogP contribution in [-0.4, -0.2) is 19.3 Å². The molecule has 0 radical (unpaired) electrons. The van der Waals surface area contributed by atoms with Crippen LogP contribution in [0.1, 0.15) is 17.1 Å². The number of aryl methyl sites for hydroxylation is 3. The highest BCUT2D eigenvalue weighted by Gasteiger charge is 2.09. The van der Waals surface area contributed by atoms with Crippen LogP contribution in [0.25, 0.3) is 0 Å². The maximum atomic E-state index is 4.36. The Bertz CT molecular complexity index is 494. The van der Waals surface area contributed by atoms with Crippen molar-refractivity contribution in [2.24, 2.45) is 14.1 Å². The zero-order chi connectivity index (χ0) is 11.7. The van der Waals surface area contributed by atoms with Gasteiger partial charge in [0.1, 0.15) is 0 Å². The highest BCUT2D eigenvalue weighted by atomic mass is 15.3. The van der Waals surface area contributed by atoms with Gasteiger partial charge in [0, 0.05) is 20.3 Å². The minimum absolute atomic E-state index is 0.768. The normalized spacial score (nSPS) is 10.8. The zero-order valence-electron chi connectivity index (χ0n) is 10.2. The Morgan fingerprint density at radius 1 is 1.31 bits per heavy atom. The molecule has 0 unspecified atom stereocenters. The summed E-state index contributed by atoms with van der Waals surface area (Å²) < 4.78 is 3.90. The molecule has 5 heteroatoms. The van der Waals surface area contributed by atoms with Crippen molar-refractivity contribution >= 4 is 5.69 Å². The summed E-state index contributed by atoms with van der Waals surface area (Å²) in [5, 5.41) is 7.77. The van der Waals surface area contributed by atoms with E-state index in [1.54, 1.807) is 6.33 Å². The molecule has 0 saturated heterocycles. The van der Waals surface area contributed by atoms with Gasteiger partial charge in [-0.25, -0.2) is 4.98 Å². The summed E-state index contributed by atoms with van der Waals surface area (Å²) in [5.41, 5.74) is 4.45. The Kier molecular flexibility index (Phi) is 2.68. The summed E-state index contributed by atoms with van der Waals surface area (Å²) in [6.07, 6.45) is 3.67. The summed E-state index contributed by atoms with van der Waals surface area (Å²) >= 11 is 0. The quantitative estimate of drug-likeness (QED) is 0.848. The van der Waals surface area contributed by atoms with Crippen molar-refractivity contribution < 1.29 is 0 Å². The number of hydrogen-bond donors (Lipinski definition) is 1. The van der Waals surface area contributed by atoms with Crippen LogP contribution < -0.4 is 5.32 Å². The predicted molar refractivity (Wildman–Crippen MR) is 63.2 cm³/mol. The van der Waals surface area contributed by atoms with Crippen LogP contribution in [-0.2, 0) is 20.6 Å². The molecule has 2 rings (SSSR count). The van der Waals surface area contributed by atoms with E-state index in [2.05, 4.69) is 22.3 Å². The van der Waals surface area contributed by atoms with Gasteiger partial charge in [-0.1, -0.05) is 0 Å². The second-order valence-corrected chi connectivity index (χ2v) is 4.02. The van der Waals surface area contributed by atoms with Crippen LogP contribution in [0, 0.1) is 13.8 Å². The van der Waals surface area contributed by atoms with Gasteiger partial charge >= 0.3 is 0 Å². The number of imidazole rings is 1. The van der Waals surface area contributed by atoms with Gasteiger partial charge in [-0.2, -0.15) is 5.10 Å². The van der Waals surface area contributed by atoms with Crippen LogP contribution >= 0.6 is 0 Å². The maximum absolute atomic E-state index is 4.36. The summed E-state index contributed by atoms with van der Waals surface area (Å²) in [5.74, 6) is 0. The molecule has 0 fully saturated rings. The first-order chi connectivity index (χ1) is 7.59. The van der Waals surface area contributed by atoms with Crippen LogP contribution in [0.2, 0.25) is 0 Å². The van der Waals surface area contributed by atoms with Gasteiger partial charge in [-0.15, -0.1) is 0 Å². The second-order valence-electron chi connectivity index (χ2n) is 4.02. The van der Waals surface area contributed by atoms with Gasteiger partial charge in [0.2, 0.25) is 0 Å². The SMILES string of the molecule is Cc1nn(C)c(C)c1NCc1cncn1C. The number of anilines is 1. The summed E-state index contributed by atoms with van der Waals surface area (Å²) in [4.78, 5) is 4.09. The molecule has 2 aromatic heterocycles. The molecule has 0 atom stereocenters. The number of nitrogens with one attached hydrogen (secondary N) is 1. The lowest BCUT2D eigenvalue weighted by atomic mass is 10.3. The Balaban J connectivity index is 2.13. The molecular formula is C11H17N5. The average Bonchev–Trinajstić information content (AvgIpc) is 2.72.